The van der Waals surface area contributed by atoms with E-state index in [1.807, 2.05) is 31.4 Å². The predicted molar refractivity (Wildman–Crippen MR) is 119 cm³/mol. The third-order valence-electron chi connectivity index (χ3n) is 6.24. The van der Waals surface area contributed by atoms with Crippen molar-refractivity contribution in [1.82, 2.24) is 9.55 Å². The molecule has 31 heavy (non-hydrogen) atoms. The van der Waals surface area contributed by atoms with E-state index < -0.39 is 15.8 Å². The van der Waals surface area contributed by atoms with Crippen molar-refractivity contribution in [2.24, 2.45) is 0 Å². The number of carbonyl (C=O) groups is 2. The number of sulfone groups is 1. The van der Waals surface area contributed by atoms with Crippen LogP contribution in [0.5, 0.6) is 0 Å². The molecule has 1 atom stereocenters. The summed E-state index contributed by atoms with van der Waals surface area (Å²) in [4.78, 5) is 28.5. The molecule has 1 aliphatic heterocycles. The summed E-state index contributed by atoms with van der Waals surface area (Å²) in [6.07, 6.45) is 0.543. The molecule has 3 heterocycles. The van der Waals surface area contributed by atoms with Gasteiger partial charge in [0.15, 0.2) is 16.4 Å². The number of H-pyrrole nitrogens is 1. The summed E-state index contributed by atoms with van der Waals surface area (Å²) in [7, 11) is -3.03. The fourth-order valence-corrected chi connectivity index (χ4v) is 6.18. The number of aromatic amines is 1. The minimum atomic E-state index is -3.03. The van der Waals surface area contributed by atoms with Gasteiger partial charge in [0, 0.05) is 39.6 Å². The number of aromatic nitrogens is 2. The zero-order valence-corrected chi connectivity index (χ0v) is 18.9. The number of esters is 1. The van der Waals surface area contributed by atoms with Crippen molar-refractivity contribution >= 4 is 32.5 Å². The van der Waals surface area contributed by atoms with Gasteiger partial charge in [-0.15, -0.1) is 0 Å². The van der Waals surface area contributed by atoms with Crippen molar-refractivity contribution in [2.45, 2.75) is 40.2 Å². The number of nitrogens with zero attached hydrogens (tertiary/aromatic N) is 1. The molecule has 1 fully saturated rings. The topological polar surface area (TPSA) is 98.2 Å². The molecule has 8 heteroatoms. The lowest BCUT2D eigenvalue weighted by atomic mass is 10.1. The molecule has 0 spiro atoms. The molecule has 1 aliphatic rings. The van der Waals surface area contributed by atoms with Crippen molar-refractivity contribution in [3.63, 3.8) is 0 Å². The summed E-state index contributed by atoms with van der Waals surface area (Å²) >= 11 is 0. The Bertz CT molecular complexity index is 1310. The molecular weight excluding hydrogens is 416 g/mol. The largest absolute Gasteiger partial charge is 0.454 e. The molecule has 2 aromatic heterocycles. The molecule has 1 N–H and O–H groups in total. The molecule has 3 aromatic rings. The number of aryl methyl sites for hydroxylation is 3. The van der Waals surface area contributed by atoms with Gasteiger partial charge in [0.1, 0.15) is 0 Å². The molecule has 1 saturated heterocycles. The van der Waals surface area contributed by atoms with E-state index >= 15 is 0 Å². The van der Waals surface area contributed by atoms with E-state index in [9.17, 15) is 18.0 Å². The quantitative estimate of drug-likeness (QED) is 0.481. The van der Waals surface area contributed by atoms with Crippen molar-refractivity contribution < 1.29 is 22.7 Å². The second-order valence-electron chi connectivity index (χ2n) is 8.35. The Labute approximate surface area is 181 Å². The highest BCUT2D eigenvalue weighted by Crippen LogP contribution is 2.29. The van der Waals surface area contributed by atoms with Crippen LogP contribution >= 0.6 is 0 Å². The third kappa shape index (κ3) is 3.92. The average Bonchev–Trinajstić information content (AvgIpc) is 3.32. The van der Waals surface area contributed by atoms with Gasteiger partial charge in [0.25, 0.3) is 0 Å². The molecule has 1 unspecified atom stereocenters. The van der Waals surface area contributed by atoms with E-state index in [-0.39, 0.29) is 29.9 Å². The first-order valence-corrected chi connectivity index (χ1v) is 12.1. The van der Waals surface area contributed by atoms with Crippen LogP contribution in [0.4, 0.5) is 0 Å². The van der Waals surface area contributed by atoms with Gasteiger partial charge in [-0.05, 0) is 63.9 Å². The van der Waals surface area contributed by atoms with Crippen LogP contribution in [0.3, 0.4) is 0 Å². The van der Waals surface area contributed by atoms with Crippen molar-refractivity contribution in [1.29, 1.82) is 0 Å². The number of rotatable bonds is 5. The Morgan fingerprint density at radius 2 is 1.90 bits per heavy atom. The summed E-state index contributed by atoms with van der Waals surface area (Å²) in [6, 6.07) is 6.87. The summed E-state index contributed by atoms with van der Waals surface area (Å²) in [5, 5.41) is 0.952. The van der Waals surface area contributed by atoms with E-state index in [0.29, 0.717) is 23.2 Å². The van der Waals surface area contributed by atoms with Crippen LogP contribution < -0.4 is 0 Å². The zero-order valence-electron chi connectivity index (χ0n) is 18.1. The maximum absolute atomic E-state index is 12.8. The Balaban J connectivity index is 1.48. The van der Waals surface area contributed by atoms with Gasteiger partial charge < -0.3 is 14.3 Å². The Morgan fingerprint density at radius 1 is 1.16 bits per heavy atom. The Morgan fingerprint density at radius 3 is 2.58 bits per heavy atom. The molecule has 0 bridgehead atoms. The lowest BCUT2D eigenvalue weighted by Gasteiger charge is -2.16. The second kappa shape index (κ2) is 7.67. The number of hydrogen-bond donors (Lipinski definition) is 1. The van der Waals surface area contributed by atoms with E-state index in [2.05, 4.69) is 4.98 Å². The highest BCUT2D eigenvalue weighted by atomic mass is 32.2. The van der Waals surface area contributed by atoms with Crippen LogP contribution in [0, 0.1) is 27.7 Å². The number of hydrogen-bond acceptors (Lipinski definition) is 5. The van der Waals surface area contributed by atoms with Crippen molar-refractivity contribution in [3.8, 4) is 0 Å². The Hall–Kier alpha value is -2.87. The lowest BCUT2D eigenvalue weighted by molar-refractivity contribution is 0.0474. The lowest BCUT2D eigenvalue weighted by Crippen LogP contribution is -2.17. The molecular formula is C23H26N2O5S. The fraction of sp³-hybridized carbons (Fsp3) is 0.391. The third-order valence-corrected chi connectivity index (χ3v) is 7.99. The zero-order chi connectivity index (χ0) is 22.5. The van der Waals surface area contributed by atoms with E-state index in [1.54, 1.807) is 25.1 Å². The first kappa shape index (κ1) is 21.4. The van der Waals surface area contributed by atoms with Gasteiger partial charge in [0.2, 0.25) is 5.78 Å². The maximum Gasteiger partial charge on any atom is 0.338 e. The second-order valence-corrected chi connectivity index (χ2v) is 10.6. The normalized spacial score (nSPS) is 17.9. The Kier molecular flexibility index (Phi) is 5.29. The van der Waals surface area contributed by atoms with E-state index in [1.165, 1.54) is 0 Å². The first-order chi connectivity index (χ1) is 14.6. The van der Waals surface area contributed by atoms with Gasteiger partial charge in [-0.2, -0.15) is 0 Å². The van der Waals surface area contributed by atoms with Gasteiger partial charge in [-0.1, -0.05) is 0 Å². The van der Waals surface area contributed by atoms with Crippen LogP contribution in [0.2, 0.25) is 0 Å². The fourth-order valence-electron chi connectivity index (χ4n) is 4.48. The molecule has 0 amide bonds. The molecule has 164 valence electrons. The number of Topliss-reactive ketones (excluding diaryl/α,β-unsaturated/α-hetero) is 1. The molecule has 0 radical (unpaired) electrons. The highest BCUT2D eigenvalue weighted by Gasteiger charge is 2.31. The number of benzene rings is 1. The number of fused-ring (bicyclic) bond motifs is 1. The van der Waals surface area contributed by atoms with E-state index in [4.69, 9.17) is 4.74 Å². The van der Waals surface area contributed by atoms with Crippen molar-refractivity contribution in [2.75, 3.05) is 18.1 Å². The SMILES string of the molecule is Cc1[nH]c2ccc(C(=O)OCC(=O)c3cc(C)n(C4CCS(=O)(=O)C4)c3C)cc2c1C. The molecule has 0 saturated carbocycles. The maximum atomic E-state index is 12.8. The van der Waals surface area contributed by atoms with Gasteiger partial charge in [-0.3, -0.25) is 4.79 Å². The van der Waals surface area contributed by atoms with Crippen LogP contribution in [-0.2, 0) is 14.6 Å². The number of carbonyl (C=O) groups excluding carboxylic acids is 2. The molecule has 0 aliphatic carbocycles. The van der Waals surface area contributed by atoms with Gasteiger partial charge in [-0.25, -0.2) is 13.2 Å². The summed E-state index contributed by atoms with van der Waals surface area (Å²) in [5.41, 5.74) is 5.46. The predicted octanol–water partition coefficient (Wildman–Crippen LogP) is 3.60. The minimum Gasteiger partial charge on any atom is -0.454 e. The summed E-state index contributed by atoms with van der Waals surface area (Å²) in [5.74, 6) is -0.598. The van der Waals surface area contributed by atoms with Gasteiger partial charge in [0.05, 0.1) is 17.1 Å². The van der Waals surface area contributed by atoms with Crippen LogP contribution in [0.15, 0.2) is 24.3 Å². The van der Waals surface area contributed by atoms with Crippen LogP contribution in [0.25, 0.3) is 10.9 Å². The number of nitrogens with one attached hydrogen (secondary N) is 1. The first-order valence-electron chi connectivity index (χ1n) is 10.3. The standard InChI is InChI=1S/C23H26N2O5S/c1-13-9-20(16(4)25(13)18-7-8-31(28,29)12-18)22(26)11-30-23(27)17-5-6-21-19(10-17)14(2)15(3)24-21/h5-6,9-10,18,24H,7-8,11-12H2,1-4H3. The average molecular weight is 443 g/mol. The minimum absolute atomic E-state index is 0.0898. The number of ether oxygens (including phenoxy) is 1. The van der Waals surface area contributed by atoms with Crippen molar-refractivity contribution in [3.05, 3.63) is 58.0 Å². The summed E-state index contributed by atoms with van der Waals surface area (Å²) < 4.78 is 30.9. The van der Waals surface area contributed by atoms with E-state index in [0.717, 1.165) is 27.9 Å². The smallest absolute Gasteiger partial charge is 0.338 e. The monoisotopic (exact) mass is 442 g/mol. The highest BCUT2D eigenvalue weighted by molar-refractivity contribution is 7.91. The number of ketones is 1. The summed E-state index contributed by atoms with van der Waals surface area (Å²) in [6.45, 7) is 7.26. The van der Waals surface area contributed by atoms with Crippen LogP contribution in [0.1, 0.15) is 55.8 Å². The van der Waals surface area contributed by atoms with Crippen LogP contribution in [-0.4, -0.2) is 47.8 Å². The molecule has 1 aromatic carbocycles. The molecule has 7 nitrogen and oxygen atoms in total. The molecule has 4 rings (SSSR count). The van der Waals surface area contributed by atoms with Gasteiger partial charge >= 0.3 is 5.97 Å².